The third-order valence-electron chi connectivity index (χ3n) is 2.57. The van der Waals surface area contributed by atoms with Gasteiger partial charge in [0.15, 0.2) is 11.9 Å². The molecule has 0 atom stereocenters. The first-order valence-corrected chi connectivity index (χ1v) is 5.04. The van der Waals surface area contributed by atoms with Crippen LogP contribution in [0.5, 0.6) is 0 Å². The largest absolute Gasteiger partial charge is 0.417 e. The third-order valence-corrected chi connectivity index (χ3v) is 2.57. The highest BCUT2D eigenvalue weighted by Crippen LogP contribution is 2.22. The molecule has 0 saturated heterocycles. The molecule has 5 heteroatoms. The van der Waals surface area contributed by atoms with E-state index in [1.54, 1.807) is 24.3 Å². The lowest BCUT2D eigenvalue weighted by Crippen LogP contribution is -1.92. The monoisotopic (exact) mass is 228 g/mol. The molecule has 0 unspecified atom stereocenters. The van der Waals surface area contributed by atoms with Crippen LogP contribution in [0.25, 0.3) is 22.4 Å². The Kier molecular flexibility index (Phi) is 1.98. The first-order valence-electron chi connectivity index (χ1n) is 5.04. The number of oxazole rings is 1. The highest BCUT2D eigenvalue weighted by Gasteiger charge is 2.05. The average Bonchev–Trinajstić information content (AvgIpc) is 2.92. The number of aromatic amines is 2. The second-order valence-corrected chi connectivity index (χ2v) is 3.67. The third kappa shape index (κ3) is 1.57. The summed E-state index contributed by atoms with van der Waals surface area (Å²) in [5, 5.41) is 0. The maximum atomic E-state index is 11.0. The van der Waals surface area contributed by atoms with Gasteiger partial charge in [-0.2, -0.15) is 0 Å². The van der Waals surface area contributed by atoms with Crippen LogP contribution in [0.3, 0.4) is 0 Å². The molecule has 0 aliphatic heterocycles. The van der Waals surface area contributed by atoms with Crippen LogP contribution in [0.15, 0.2) is 39.5 Å². The van der Waals surface area contributed by atoms with Crippen molar-refractivity contribution in [3.63, 3.8) is 0 Å². The second-order valence-electron chi connectivity index (χ2n) is 3.67. The number of carbonyl (C=O) groups excluding carboxylic acids is 1. The Morgan fingerprint density at radius 2 is 2.00 bits per heavy atom. The molecule has 0 spiro atoms. The topological polar surface area (TPSA) is 78.9 Å². The van der Waals surface area contributed by atoms with Gasteiger partial charge in [0, 0.05) is 11.3 Å². The number of hydrogen-bond acceptors (Lipinski definition) is 3. The van der Waals surface area contributed by atoms with Gasteiger partial charge in [-0.1, -0.05) is 6.07 Å². The van der Waals surface area contributed by atoms with Crippen LogP contribution in [-0.2, 0) is 0 Å². The molecule has 0 amide bonds. The molecular weight excluding hydrogens is 220 g/mol. The van der Waals surface area contributed by atoms with E-state index in [0.29, 0.717) is 16.8 Å². The summed E-state index contributed by atoms with van der Waals surface area (Å²) in [7, 11) is 0. The Hall–Kier alpha value is -2.56. The molecule has 84 valence electrons. The lowest BCUT2D eigenvalue weighted by atomic mass is 10.1. The fourth-order valence-corrected chi connectivity index (χ4v) is 1.76. The van der Waals surface area contributed by atoms with Crippen LogP contribution >= 0.6 is 0 Å². The number of aldehydes is 1. The Bertz CT molecular complexity index is 748. The van der Waals surface area contributed by atoms with Gasteiger partial charge in [-0.15, -0.1) is 0 Å². The van der Waals surface area contributed by atoms with Gasteiger partial charge in [-0.25, -0.2) is 4.79 Å². The normalized spacial score (nSPS) is 10.8. The van der Waals surface area contributed by atoms with Gasteiger partial charge in [-0.3, -0.25) is 9.78 Å². The SMILES string of the molecule is O=Cc1ccc(-c2ccc3[nH]c(=O)oc3c2)[nH]1. The standard InChI is InChI=1S/C12H8N2O3/c15-6-8-2-4-9(13-8)7-1-3-10-11(5-7)17-12(16)14-10/h1-6,13H,(H,14,16). The zero-order valence-electron chi connectivity index (χ0n) is 8.69. The van der Waals surface area contributed by atoms with E-state index in [2.05, 4.69) is 9.97 Å². The molecule has 3 rings (SSSR count). The summed E-state index contributed by atoms with van der Waals surface area (Å²) in [6.07, 6.45) is 0.748. The van der Waals surface area contributed by atoms with Gasteiger partial charge in [-0.05, 0) is 24.3 Å². The molecule has 2 N–H and O–H groups in total. The van der Waals surface area contributed by atoms with Crippen molar-refractivity contribution >= 4 is 17.4 Å². The van der Waals surface area contributed by atoms with E-state index < -0.39 is 5.76 Å². The van der Waals surface area contributed by atoms with Gasteiger partial charge in [0.25, 0.3) is 0 Å². The van der Waals surface area contributed by atoms with Gasteiger partial charge >= 0.3 is 5.76 Å². The van der Waals surface area contributed by atoms with Gasteiger partial charge in [0.2, 0.25) is 0 Å². The summed E-state index contributed by atoms with van der Waals surface area (Å²) in [5.74, 6) is -0.475. The van der Waals surface area contributed by atoms with Crippen LogP contribution in [-0.4, -0.2) is 16.3 Å². The van der Waals surface area contributed by atoms with Crippen LogP contribution in [0, 0.1) is 0 Å². The second kappa shape index (κ2) is 3.48. The molecule has 0 radical (unpaired) electrons. The van der Waals surface area contributed by atoms with E-state index >= 15 is 0 Å². The summed E-state index contributed by atoms with van der Waals surface area (Å²) < 4.78 is 4.97. The maximum absolute atomic E-state index is 11.0. The summed E-state index contributed by atoms with van der Waals surface area (Å²) in [4.78, 5) is 27.1. The number of H-pyrrole nitrogens is 2. The Labute approximate surface area is 95.1 Å². The van der Waals surface area contributed by atoms with Crippen molar-refractivity contribution in [2.24, 2.45) is 0 Å². The molecule has 2 heterocycles. The molecule has 3 aromatic rings. The van der Waals surface area contributed by atoms with Gasteiger partial charge in [0.1, 0.15) is 0 Å². The van der Waals surface area contributed by atoms with Gasteiger partial charge < -0.3 is 9.40 Å². The molecule has 0 aliphatic carbocycles. The summed E-state index contributed by atoms with van der Waals surface area (Å²) in [5.41, 5.74) is 3.32. The van der Waals surface area contributed by atoms with Crippen molar-refractivity contribution < 1.29 is 9.21 Å². The number of fused-ring (bicyclic) bond motifs is 1. The van der Waals surface area contributed by atoms with Gasteiger partial charge in [0.05, 0.1) is 11.2 Å². The zero-order chi connectivity index (χ0) is 11.8. The first-order chi connectivity index (χ1) is 8.26. The molecule has 0 saturated carbocycles. The minimum atomic E-state index is -0.475. The predicted molar refractivity (Wildman–Crippen MR) is 62.0 cm³/mol. The Morgan fingerprint density at radius 3 is 2.76 bits per heavy atom. The molecule has 0 bridgehead atoms. The van der Waals surface area contributed by atoms with Crippen LogP contribution in [0.4, 0.5) is 0 Å². The molecule has 1 aromatic carbocycles. The predicted octanol–water partition coefficient (Wildman–Crippen LogP) is 1.93. The van der Waals surface area contributed by atoms with Crippen molar-refractivity contribution in [2.75, 3.05) is 0 Å². The summed E-state index contributed by atoms with van der Waals surface area (Å²) in [6, 6.07) is 8.84. The smallest absolute Gasteiger partial charge is 0.408 e. The molecule has 0 aliphatic rings. The minimum absolute atomic E-state index is 0.475. The number of carbonyl (C=O) groups is 1. The van der Waals surface area contributed by atoms with E-state index in [4.69, 9.17) is 4.42 Å². The van der Waals surface area contributed by atoms with Crippen molar-refractivity contribution in [1.29, 1.82) is 0 Å². The van der Waals surface area contributed by atoms with E-state index in [1.807, 2.05) is 6.07 Å². The molecule has 0 fully saturated rings. The lowest BCUT2D eigenvalue weighted by molar-refractivity contribution is 0.111. The number of nitrogens with one attached hydrogen (secondary N) is 2. The maximum Gasteiger partial charge on any atom is 0.417 e. The number of aromatic nitrogens is 2. The zero-order valence-corrected chi connectivity index (χ0v) is 8.69. The number of rotatable bonds is 2. The summed E-state index contributed by atoms with van der Waals surface area (Å²) in [6.45, 7) is 0. The van der Waals surface area contributed by atoms with Crippen molar-refractivity contribution in [3.05, 3.63) is 46.6 Å². The number of benzene rings is 1. The fraction of sp³-hybridized carbons (Fsp3) is 0. The average molecular weight is 228 g/mol. The van der Waals surface area contributed by atoms with Crippen molar-refractivity contribution in [2.45, 2.75) is 0 Å². The van der Waals surface area contributed by atoms with Crippen molar-refractivity contribution in [3.8, 4) is 11.3 Å². The highest BCUT2D eigenvalue weighted by molar-refractivity contribution is 5.80. The minimum Gasteiger partial charge on any atom is -0.408 e. The quantitative estimate of drug-likeness (QED) is 0.658. The van der Waals surface area contributed by atoms with E-state index in [1.165, 1.54) is 0 Å². The summed E-state index contributed by atoms with van der Waals surface area (Å²) >= 11 is 0. The number of hydrogen-bond donors (Lipinski definition) is 2. The van der Waals surface area contributed by atoms with Crippen LogP contribution in [0.1, 0.15) is 10.5 Å². The Balaban J connectivity index is 2.16. The molecule has 2 aromatic heterocycles. The van der Waals surface area contributed by atoms with Crippen molar-refractivity contribution in [1.82, 2.24) is 9.97 Å². The fourth-order valence-electron chi connectivity index (χ4n) is 1.76. The molecular formula is C12H8N2O3. The van der Waals surface area contributed by atoms with E-state index in [0.717, 1.165) is 17.5 Å². The Morgan fingerprint density at radius 1 is 1.12 bits per heavy atom. The molecule has 5 nitrogen and oxygen atoms in total. The van der Waals surface area contributed by atoms with E-state index in [9.17, 15) is 9.59 Å². The first kappa shape index (κ1) is 9.65. The lowest BCUT2D eigenvalue weighted by Gasteiger charge is -1.96. The van der Waals surface area contributed by atoms with Crippen LogP contribution < -0.4 is 5.76 Å². The van der Waals surface area contributed by atoms with Crippen LogP contribution in [0.2, 0.25) is 0 Å². The van der Waals surface area contributed by atoms with E-state index in [-0.39, 0.29) is 0 Å². The highest BCUT2D eigenvalue weighted by atomic mass is 16.4. The molecule has 17 heavy (non-hydrogen) atoms.